The minimum atomic E-state index is -0.380. The van der Waals surface area contributed by atoms with E-state index in [0.717, 1.165) is 24.1 Å². The van der Waals surface area contributed by atoms with Crippen molar-refractivity contribution in [2.45, 2.75) is 32.9 Å². The first-order valence-electron chi connectivity index (χ1n) is 7.12. The average molecular weight is 287 g/mol. The molecule has 2 rings (SSSR count). The second-order valence-electron chi connectivity index (χ2n) is 5.63. The summed E-state index contributed by atoms with van der Waals surface area (Å²) in [6.07, 6.45) is 4.95. The Bertz CT molecular complexity index is 602. The molecule has 1 aromatic heterocycles. The Kier molecular flexibility index (Phi) is 4.75. The molecule has 1 heterocycles. The van der Waals surface area contributed by atoms with E-state index in [1.807, 2.05) is 18.3 Å². The summed E-state index contributed by atoms with van der Waals surface area (Å²) in [6.45, 7) is 5.06. The molecule has 1 atom stereocenters. The first-order valence-corrected chi connectivity index (χ1v) is 7.12. The van der Waals surface area contributed by atoms with Crippen LogP contribution in [0.4, 0.5) is 5.69 Å². The SMILES string of the molecule is CC(C)C(N)c1ccn(CCc2ccc([N+](=O)[O-])cc2)c1. The third kappa shape index (κ3) is 3.92. The van der Waals surface area contributed by atoms with E-state index in [1.165, 1.54) is 0 Å². The molecule has 0 spiro atoms. The van der Waals surface area contributed by atoms with Crippen LogP contribution in [0.1, 0.15) is 31.0 Å². The fourth-order valence-electron chi connectivity index (χ4n) is 2.22. The van der Waals surface area contributed by atoms with E-state index in [1.54, 1.807) is 12.1 Å². The number of nitrogens with two attached hydrogens (primary N) is 1. The zero-order chi connectivity index (χ0) is 15.4. The number of aryl methyl sites for hydroxylation is 2. The predicted octanol–water partition coefficient (Wildman–Crippen LogP) is 3.29. The summed E-state index contributed by atoms with van der Waals surface area (Å²) < 4.78 is 2.11. The van der Waals surface area contributed by atoms with E-state index in [2.05, 4.69) is 30.7 Å². The zero-order valence-electron chi connectivity index (χ0n) is 12.4. The van der Waals surface area contributed by atoms with Gasteiger partial charge >= 0.3 is 0 Å². The number of nitrogens with zero attached hydrogens (tertiary/aromatic N) is 2. The Morgan fingerprint density at radius 3 is 2.48 bits per heavy atom. The number of nitro benzene ring substituents is 1. The molecule has 0 saturated heterocycles. The molecule has 0 amide bonds. The van der Waals surface area contributed by atoms with Gasteiger partial charge in [-0.3, -0.25) is 10.1 Å². The van der Waals surface area contributed by atoms with Gasteiger partial charge in [0.05, 0.1) is 4.92 Å². The van der Waals surface area contributed by atoms with Crippen LogP contribution < -0.4 is 5.73 Å². The van der Waals surface area contributed by atoms with Gasteiger partial charge in [0.1, 0.15) is 0 Å². The molecule has 21 heavy (non-hydrogen) atoms. The van der Waals surface area contributed by atoms with Gasteiger partial charge in [-0.15, -0.1) is 0 Å². The van der Waals surface area contributed by atoms with E-state index in [4.69, 9.17) is 5.73 Å². The van der Waals surface area contributed by atoms with E-state index < -0.39 is 0 Å². The average Bonchev–Trinajstić information content (AvgIpc) is 2.93. The van der Waals surface area contributed by atoms with Crippen molar-refractivity contribution in [2.24, 2.45) is 11.7 Å². The molecule has 0 saturated carbocycles. The first kappa shape index (κ1) is 15.3. The lowest BCUT2D eigenvalue weighted by Crippen LogP contribution is -2.15. The molecule has 112 valence electrons. The second kappa shape index (κ2) is 6.54. The minimum absolute atomic E-state index is 0.0608. The van der Waals surface area contributed by atoms with Gasteiger partial charge < -0.3 is 10.3 Å². The maximum absolute atomic E-state index is 10.6. The summed E-state index contributed by atoms with van der Waals surface area (Å²) in [5.41, 5.74) is 8.49. The summed E-state index contributed by atoms with van der Waals surface area (Å²) in [6, 6.07) is 8.83. The standard InChI is InChI=1S/C16H21N3O2/c1-12(2)16(17)14-8-10-18(11-14)9-7-13-3-5-15(6-4-13)19(20)21/h3-6,8,10-12,16H,7,9,17H2,1-2H3. The van der Waals surface area contributed by atoms with Gasteiger partial charge in [-0.25, -0.2) is 0 Å². The van der Waals surface area contributed by atoms with E-state index in [0.29, 0.717) is 5.92 Å². The van der Waals surface area contributed by atoms with Crippen molar-refractivity contribution < 1.29 is 4.92 Å². The molecule has 0 fully saturated rings. The van der Waals surface area contributed by atoms with Crippen LogP contribution >= 0.6 is 0 Å². The topological polar surface area (TPSA) is 74.1 Å². The van der Waals surface area contributed by atoms with Crippen LogP contribution in [0.15, 0.2) is 42.7 Å². The van der Waals surface area contributed by atoms with Crippen LogP contribution in [0.25, 0.3) is 0 Å². The minimum Gasteiger partial charge on any atom is -0.354 e. The smallest absolute Gasteiger partial charge is 0.269 e. The molecule has 2 N–H and O–H groups in total. The molecule has 0 aliphatic heterocycles. The molecule has 1 aromatic carbocycles. The van der Waals surface area contributed by atoms with Gasteiger partial charge in [-0.05, 0) is 29.5 Å². The Hall–Kier alpha value is -2.14. The Morgan fingerprint density at radius 2 is 1.90 bits per heavy atom. The summed E-state index contributed by atoms with van der Waals surface area (Å²) in [7, 11) is 0. The molecule has 0 aliphatic carbocycles. The van der Waals surface area contributed by atoms with E-state index in [-0.39, 0.29) is 16.7 Å². The third-order valence-electron chi connectivity index (χ3n) is 3.68. The molecule has 0 bridgehead atoms. The quantitative estimate of drug-likeness (QED) is 0.654. The molecule has 5 nitrogen and oxygen atoms in total. The van der Waals surface area contributed by atoms with E-state index in [9.17, 15) is 10.1 Å². The van der Waals surface area contributed by atoms with Crippen molar-refractivity contribution in [1.29, 1.82) is 0 Å². The number of benzene rings is 1. The summed E-state index contributed by atoms with van der Waals surface area (Å²) >= 11 is 0. The maximum Gasteiger partial charge on any atom is 0.269 e. The van der Waals surface area contributed by atoms with Crippen LogP contribution in [0.3, 0.4) is 0 Å². The van der Waals surface area contributed by atoms with Crippen molar-refractivity contribution in [3.8, 4) is 0 Å². The number of aromatic nitrogens is 1. The number of hydrogen-bond donors (Lipinski definition) is 1. The van der Waals surface area contributed by atoms with Crippen molar-refractivity contribution in [2.75, 3.05) is 0 Å². The molecule has 1 unspecified atom stereocenters. The van der Waals surface area contributed by atoms with Crippen molar-refractivity contribution >= 4 is 5.69 Å². The largest absolute Gasteiger partial charge is 0.354 e. The highest BCUT2D eigenvalue weighted by molar-refractivity contribution is 5.32. The number of non-ortho nitro benzene ring substituents is 1. The Labute approximate surface area is 124 Å². The van der Waals surface area contributed by atoms with Gasteiger partial charge in [0.2, 0.25) is 0 Å². The molecular formula is C16H21N3O2. The lowest BCUT2D eigenvalue weighted by atomic mass is 10.00. The summed E-state index contributed by atoms with van der Waals surface area (Å²) in [4.78, 5) is 10.2. The first-order chi connectivity index (χ1) is 9.97. The molecule has 0 radical (unpaired) electrons. The molecular weight excluding hydrogens is 266 g/mol. The lowest BCUT2D eigenvalue weighted by molar-refractivity contribution is -0.384. The zero-order valence-corrected chi connectivity index (χ0v) is 12.4. The highest BCUT2D eigenvalue weighted by atomic mass is 16.6. The predicted molar refractivity (Wildman–Crippen MR) is 83.0 cm³/mol. The summed E-state index contributed by atoms with van der Waals surface area (Å²) in [5.74, 6) is 0.413. The van der Waals surface area contributed by atoms with Crippen LogP contribution in [-0.2, 0) is 13.0 Å². The summed E-state index contributed by atoms with van der Waals surface area (Å²) in [5, 5.41) is 10.6. The lowest BCUT2D eigenvalue weighted by Gasteiger charge is -2.13. The third-order valence-corrected chi connectivity index (χ3v) is 3.68. The molecule has 0 aliphatic rings. The number of rotatable bonds is 6. The van der Waals surface area contributed by atoms with Crippen molar-refractivity contribution in [1.82, 2.24) is 4.57 Å². The van der Waals surface area contributed by atoms with Gasteiger partial charge in [0.15, 0.2) is 0 Å². The van der Waals surface area contributed by atoms with Gasteiger partial charge in [0, 0.05) is 37.1 Å². The van der Waals surface area contributed by atoms with Crippen LogP contribution in [-0.4, -0.2) is 9.49 Å². The van der Waals surface area contributed by atoms with Crippen LogP contribution in [0.5, 0.6) is 0 Å². The van der Waals surface area contributed by atoms with Crippen molar-refractivity contribution in [3.63, 3.8) is 0 Å². The van der Waals surface area contributed by atoms with Gasteiger partial charge in [-0.1, -0.05) is 26.0 Å². The highest BCUT2D eigenvalue weighted by Crippen LogP contribution is 2.19. The monoisotopic (exact) mass is 287 g/mol. The van der Waals surface area contributed by atoms with Gasteiger partial charge in [0.25, 0.3) is 5.69 Å². The van der Waals surface area contributed by atoms with E-state index >= 15 is 0 Å². The van der Waals surface area contributed by atoms with Crippen molar-refractivity contribution in [3.05, 3.63) is 64.0 Å². The van der Waals surface area contributed by atoms with Gasteiger partial charge in [-0.2, -0.15) is 0 Å². The fraction of sp³-hybridized carbons (Fsp3) is 0.375. The maximum atomic E-state index is 10.6. The second-order valence-corrected chi connectivity index (χ2v) is 5.63. The van der Waals surface area contributed by atoms with Crippen LogP contribution in [0, 0.1) is 16.0 Å². The molecule has 5 heteroatoms. The Morgan fingerprint density at radius 1 is 1.24 bits per heavy atom. The number of hydrogen-bond acceptors (Lipinski definition) is 3. The highest BCUT2D eigenvalue weighted by Gasteiger charge is 2.11. The normalized spacial score (nSPS) is 12.6. The van der Waals surface area contributed by atoms with Crippen LogP contribution in [0.2, 0.25) is 0 Å². The Balaban J connectivity index is 1.95. The fourth-order valence-corrected chi connectivity index (χ4v) is 2.22. The number of nitro groups is 1. The molecule has 2 aromatic rings.